The average molecular weight is 258 g/mol. The van der Waals surface area contributed by atoms with Crippen molar-refractivity contribution in [3.63, 3.8) is 0 Å². The minimum absolute atomic E-state index is 0.0934. The summed E-state index contributed by atoms with van der Waals surface area (Å²) >= 11 is 0. The number of para-hydroxylation sites is 2. The zero-order valence-corrected chi connectivity index (χ0v) is 9.01. The predicted molar refractivity (Wildman–Crippen MR) is 59.2 cm³/mol. The molecule has 0 fully saturated rings. The van der Waals surface area contributed by atoms with Gasteiger partial charge in [-0.05, 0) is 12.1 Å². The molecule has 1 aromatic heterocycles. The van der Waals surface area contributed by atoms with Gasteiger partial charge in [-0.1, -0.05) is 12.1 Å². The Kier molecular flexibility index (Phi) is 3.09. The van der Waals surface area contributed by atoms with Crippen molar-refractivity contribution >= 4 is 23.0 Å². The number of rotatable bonds is 2. The smallest absolute Gasteiger partial charge is 0.329 e. The summed E-state index contributed by atoms with van der Waals surface area (Å²) in [6.45, 7) is -1.39. The summed E-state index contributed by atoms with van der Waals surface area (Å²) in [5.74, 6) is 0.0934. The second kappa shape index (κ2) is 4.55. The van der Waals surface area contributed by atoms with Gasteiger partial charge in [0.2, 0.25) is 5.95 Å². The maximum absolute atomic E-state index is 11.9. The van der Waals surface area contributed by atoms with Gasteiger partial charge in [0.25, 0.3) is 0 Å². The molecule has 0 saturated heterocycles. The molecule has 5 nitrogen and oxygen atoms in total. The summed E-state index contributed by atoms with van der Waals surface area (Å²) in [6.07, 6.45) is -4.44. The second-order valence-electron chi connectivity index (χ2n) is 3.53. The SMILES string of the molecule is O=C(NCC(F)(F)F)Nc1nc2ccccc2[nH]1. The Balaban J connectivity index is 1.99. The highest BCUT2D eigenvalue weighted by Crippen LogP contribution is 2.14. The number of aromatic nitrogens is 2. The largest absolute Gasteiger partial charge is 0.405 e. The van der Waals surface area contributed by atoms with Gasteiger partial charge < -0.3 is 10.3 Å². The number of nitrogens with zero attached hydrogens (tertiary/aromatic N) is 1. The maximum atomic E-state index is 11.9. The zero-order chi connectivity index (χ0) is 13.2. The first kappa shape index (κ1) is 12.2. The van der Waals surface area contributed by atoms with Crippen LogP contribution in [-0.4, -0.2) is 28.7 Å². The van der Waals surface area contributed by atoms with E-state index in [2.05, 4.69) is 15.3 Å². The molecule has 0 unspecified atom stereocenters. The van der Waals surface area contributed by atoms with Crippen LogP contribution in [0.25, 0.3) is 11.0 Å². The lowest BCUT2D eigenvalue weighted by molar-refractivity contribution is -0.122. The maximum Gasteiger partial charge on any atom is 0.405 e. The van der Waals surface area contributed by atoms with Crippen molar-refractivity contribution in [2.45, 2.75) is 6.18 Å². The van der Waals surface area contributed by atoms with Gasteiger partial charge in [-0.15, -0.1) is 0 Å². The van der Waals surface area contributed by atoms with Gasteiger partial charge in [-0.25, -0.2) is 9.78 Å². The number of carbonyl (C=O) groups excluding carboxylic acids is 1. The number of imidazole rings is 1. The number of nitrogens with one attached hydrogen (secondary N) is 3. The van der Waals surface area contributed by atoms with Crippen molar-refractivity contribution in [2.75, 3.05) is 11.9 Å². The Morgan fingerprint density at radius 3 is 2.72 bits per heavy atom. The van der Waals surface area contributed by atoms with Gasteiger partial charge >= 0.3 is 12.2 Å². The molecule has 3 N–H and O–H groups in total. The Hall–Kier alpha value is -2.25. The number of H-pyrrole nitrogens is 1. The molecule has 96 valence electrons. The van der Waals surface area contributed by atoms with Crippen molar-refractivity contribution in [1.29, 1.82) is 0 Å². The quantitative estimate of drug-likeness (QED) is 0.773. The van der Waals surface area contributed by atoms with E-state index in [-0.39, 0.29) is 5.95 Å². The number of hydrogen-bond acceptors (Lipinski definition) is 2. The van der Waals surface area contributed by atoms with Gasteiger partial charge in [0, 0.05) is 0 Å². The van der Waals surface area contributed by atoms with Crippen LogP contribution < -0.4 is 10.6 Å². The van der Waals surface area contributed by atoms with Crippen molar-refractivity contribution in [3.05, 3.63) is 24.3 Å². The highest BCUT2D eigenvalue weighted by molar-refractivity contribution is 5.89. The molecular weight excluding hydrogens is 249 g/mol. The van der Waals surface area contributed by atoms with E-state index in [4.69, 9.17) is 0 Å². The van der Waals surface area contributed by atoms with Gasteiger partial charge in [0.1, 0.15) is 6.54 Å². The molecule has 0 saturated carbocycles. The molecule has 0 bridgehead atoms. The second-order valence-corrected chi connectivity index (χ2v) is 3.53. The van der Waals surface area contributed by atoms with Crippen molar-refractivity contribution in [3.8, 4) is 0 Å². The van der Waals surface area contributed by atoms with E-state index in [1.165, 1.54) is 0 Å². The monoisotopic (exact) mass is 258 g/mol. The van der Waals surface area contributed by atoms with Crippen molar-refractivity contribution in [2.24, 2.45) is 0 Å². The molecule has 0 spiro atoms. The van der Waals surface area contributed by atoms with Crippen LogP contribution in [-0.2, 0) is 0 Å². The topological polar surface area (TPSA) is 69.8 Å². The van der Waals surface area contributed by atoms with E-state index in [0.29, 0.717) is 11.0 Å². The third-order valence-electron chi connectivity index (χ3n) is 2.07. The normalized spacial score (nSPS) is 11.5. The molecule has 18 heavy (non-hydrogen) atoms. The summed E-state index contributed by atoms with van der Waals surface area (Å²) < 4.78 is 35.6. The van der Waals surface area contributed by atoms with Crippen LogP contribution in [0.4, 0.5) is 23.9 Å². The Morgan fingerprint density at radius 2 is 2.06 bits per heavy atom. The van der Waals surface area contributed by atoms with Crippen LogP contribution in [0, 0.1) is 0 Å². The summed E-state index contributed by atoms with van der Waals surface area (Å²) in [7, 11) is 0. The fourth-order valence-corrected chi connectivity index (χ4v) is 1.34. The van der Waals surface area contributed by atoms with E-state index in [9.17, 15) is 18.0 Å². The first-order chi connectivity index (χ1) is 8.44. The number of benzene rings is 1. The molecule has 2 aromatic rings. The number of anilines is 1. The molecule has 0 radical (unpaired) electrons. The fraction of sp³-hybridized carbons (Fsp3) is 0.200. The summed E-state index contributed by atoms with van der Waals surface area (Å²) in [5, 5.41) is 3.87. The number of carbonyl (C=O) groups is 1. The third-order valence-corrected chi connectivity index (χ3v) is 2.07. The lowest BCUT2D eigenvalue weighted by Crippen LogP contribution is -2.36. The Labute approximate surface area is 99.4 Å². The molecule has 8 heteroatoms. The van der Waals surface area contributed by atoms with E-state index < -0.39 is 18.8 Å². The molecule has 2 rings (SSSR count). The summed E-state index contributed by atoms with van der Waals surface area (Å²) in [6, 6.07) is 6.02. The van der Waals surface area contributed by atoms with Crippen molar-refractivity contribution < 1.29 is 18.0 Å². The predicted octanol–water partition coefficient (Wildman–Crippen LogP) is 2.25. The van der Waals surface area contributed by atoms with Crippen LogP contribution in [0.5, 0.6) is 0 Å². The Morgan fingerprint density at radius 1 is 1.33 bits per heavy atom. The minimum atomic E-state index is -4.44. The lowest BCUT2D eigenvalue weighted by atomic mass is 10.3. The highest BCUT2D eigenvalue weighted by Gasteiger charge is 2.27. The zero-order valence-electron chi connectivity index (χ0n) is 9.01. The van der Waals surface area contributed by atoms with Gasteiger partial charge in [0.15, 0.2) is 0 Å². The lowest BCUT2D eigenvalue weighted by Gasteiger charge is -2.07. The van der Waals surface area contributed by atoms with Gasteiger partial charge in [-0.3, -0.25) is 5.32 Å². The molecule has 2 amide bonds. The van der Waals surface area contributed by atoms with E-state index in [0.717, 1.165) is 0 Å². The van der Waals surface area contributed by atoms with E-state index in [1.54, 1.807) is 29.6 Å². The number of halogens is 3. The molecule has 1 aromatic carbocycles. The summed E-state index contributed by atoms with van der Waals surface area (Å²) in [5.41, 5.74) is 1.30. The molecule has 0 aliphatic carbocycles. The third kappa shape index (κ3) is 3.12. The van der Waals surface area contributed by atoms with Gasteiger partial charge in [0.05, 0.1) is 11.0 Å². The molecule has 0 aliphatic heterocycles. The standard InChI is InChI=1S/C10H9F3N4O/c11-10(12,13)5-14-9(18)17-8-15-6-3-1-2-4-7(6)16-8/h1-4H,5H2,(H3,14,15,16,17,18). The number of hydrogen-bond donors (Lipinski definition) is 3. The number of amides is 2. The number of fused-ring (bicyclic) bond motifs is 1. The molecule has 0 aliphatic rings. The van der Waals surface area contributed by atoms with Crippen LogP contribution in [0.3, 0.4) is 0 Å². The minimum Gasteiger partial charge on any atom is -0.329 e. The van der Waals surface area contributed by atoms with Crippen molar-refractivity contribution in [1.82, 2.24) is 15.3 Å². The van der Waals surface area contributed by atoms with Crippen LogP contribution in [0.15, 0.2) is 24.3 Å². The fourth-order valence-electron chi connectivity index (χ4n) is 1.34. The van der Waals surface area contributed by atoms with Crippen LogP contribution >= 0.6 is 0 Å². The first-order valence-electron chi connectivity index (χ1n) is 5.00. The molecular formula is C10H9F3N4O. The molecule has 0 atom stereocenters. The van der Waals surface area contributed by atoms with E-state index in [1.807, 2.05) is 0 Å². The Bertz CT molecular complexity index is 530. The number of alkyl halides is 3. The number of aromatic amines is 1. The first-order valence-corrected chi connectivity index (χ1v) is 5.00. The summed E-state index contributed by atoms with van der Waals surface area (Å²) in [4.78, 5) is 17.9. The van der Waals surface area contributed by atoms with Gasteiger partial charge in [-0.2, -0.15) is 13.2 Å². The highest BCUT2D eigenvalue weighted by atomic mass is 19.4. The average Bonchev–Trinajstić information content (AvgIpc) is 2.67. The van der Waals surface area contributed by atoms with Crippen LogP contribution in [0.1, 0.15) is 0 Å². The molecule has 1 heterocycles. The number of urea groups is 1. The van der Waals surface area contributed by atoms with E-state index >= 15 is 0 Å². The van der Waals surface area contributed by atoms with Crippen LogP contribution in [0.2, 0.25) is 0 Å².